The Bertz CT molecular complexity index is 954. The number of hydrogen-bond acceptors (Lipinski definition) is 4. The molecule has 0 saturated carbocycles. The zero-order valence-corrected chi connectivity index (χ0v) is 20.6. The molecule has 0 amide bonds. The molecular formula is C24H24Cl4N2O2. The van der Waals surface area contributed by atoms with E-state index in [1.165, 1.54) is 0 Å². The summed E-state index contributed by atoms with van der Waals surface area (Å²) in [7, 11) is 0. The number of rotatable bonds is 5. The van der Waals surface area contributed by atoms with E-state index in [0.717, 1.165) is 54.3 Å². The Morgan fingerprint density at radius 3 is 1.47 bits per heavy atom. The van der Waals surface area contributed by atoms with Crippen molar-refractivity contribution in [2.24, 2.45) is 0 Å². The predicted molar refractivity (Wildman–Crippen MR) is 136 cm³/mol. The van der Waals surface area contributed by atoms with E-state index in [4.69, 9.17) is 55.9 Å². The fourth-order valence-corrected chi connectivity index (χ4v) is 5.13. The van der Waals surface area contributed by atoms with Crippen LogP contribution in [0.5, 0.6) is 0 Å². The molecule has 2 aromatic carbocycles. The van der Waals surface area contributed by atoms with Crippen LogP contribution in [0, 0.1) is 0 Å². The van der Waals surface area contributed by atoms with Gasteiger partial charge in [-0.2, -0.15) is 0 Å². The molecule has 2 saturated heterocycles. The Balaban J connectivity index is 1.73. The van der Waals surface area contributed by atoms with Crippen LogP contribution in [0.2, 0.25) is 20.1 Å². The molecule has 0 bridgehead atoms. The van der Waals surface area contributed by atoms with Crippen LogP contribution in [0.1, 0.15) is 11.1 Å². The minimum atomic E-state index is 0.466. The third-order valence-corrected chi connectivity index (χ3v) is 7.44. The van der Waals surface area contributed by atoms with Crippen molar-refractivity contribution < 1.29 is 9.47 Å². The lowest BCUT2D eigenvalue weighted by molar-refractivity contribution is 0.122. The van der Waals surface area contributed by atoms with Gasteiger partial charge in [-0.1, -0.05) is 77.3 Å². The lowest BCUT2D eigenvalue weighted by Gasteiger charge is -2.31. The van der Waals surface area contributed by atoms with Crippen LogP contribution in [0.25, 0.3) is 5.57 Å². The van der Waals surface area contributed by atoms with Gasteiger partial charge < -0.3 is 19.3 Å². The highest BCUT2D eigenvalue weighted by Gasteiger charge is 2.23. The summed E-state index contributed by atoms with van der Waals surface area (Å²) in [6.07, 6.45) is 3.58. The van der Waals surface area contributed by atoms with E-state index in [0.29, 0.717) is 46.5 Å². The Hall–Kier alpha value is -1.40. The molecule has 0 unspecified atom stereocenters. The molecular weight excluding hydrogens is 490 g/mol. The second-order valence-electron chi connectivity index (χ2n) is 7.54. The predicted octanol–water partition coefficient (Wildman–Crippen LogP) is 6.59. The first-order chi connectivity index (χ1) is 15.5. The second-order valence-corrected chi connectivity index (χ2v) is 9.05. The van der Waals surface area contributed by atoms with Crippen LogP contribution in [-0.2, 0) is 9.47 Å². The topological polar surface area (TPSA) is 24.9 Å². The molecule has 4 rings (SSSR count). The summed E-state index contributed by atoms with van der Waals surface area (Å²) >= 11 is 27.0. The van der Waals surface area contributed by atoms with Gasteiger partial charge in [-0.3, -0.25) is 0 Å². The average Bonchev–Trinajstić information content (AvgIpc) is 2.83. The normalized spacial score (nSPS) is 16.8. The molecule has 170 valence electrons. The maximum absolute atomic E-state index is 6.78. The van der Waals surface area contributed by atoms with Crippen molar-refractivity contribution >= 4 is 63.4 Å². The van der Waals surface area contributed by atoms with E-state index >= 15 is 0 Å². The molecule has 2 fully saturated rings. The third kappa shape index (κ3) is 4.77. The molecule has 2 aliphatic rings. The minimum absolute atomic E-state index is 0.466. The third-order valence-electron chi connectivity index (χ3n) is 5.69. The van der Waals surface area contributed by atoms with Crippen LogP contribution in [0.15, 0.2) is 43.0 Å². The Labute approximate surface area is 208 Å². The van der Waals surface area contributed by atoms with Gasteiger partial charge in [0.05, 0.1) is 57.9 Å². The number of morpholine rings is 2. The van der Waals surface area contributed by atoms with E-state index in [1.54, 1.807) is 6.08 Å². The van der Waals surface area contributed by atoms with Crippen molar-refractivity contribution in [2.75, 3.05) is 62.4 Å². The van der Waals surface area contributed by atoms with Gasteiger partial charge in [0.1, 0.15) is 0 Å². The van der Waals surface area contributed by atoms with Gasteiger partial charge in [-0.15, -0.1) is 0 Å². The lowest BCUT2D eigenvalue weighted by atomic mass is 9.96. The van der Waals surface area contributed by atoms with Gasteiger partial charge in [0.15, 0.2) is 0 Å². The van der Waals surface area contributed by atoms with E-state index in [1.807, 2.05) is 30.3 Å². The van der Waals surface area contributed by atoms with Crippen molar-refractivity contribution in [3.63, 3.8) is 0 Å². The van der Waals surface area contributed by atoms with Gasteiger partial charge >= 0.3 is 0 Å². The number of halogens is 4. The molecule has 0 radical (unpaired) electrons. The van der Waals surface area contributed by atoms with Gasteiger partial charge in [0, 0.05) is 37.3 Å². The summed E-state index contributed by atoms with van der Waals surface area (Å²) < 4.78 is 10.9. The van der Waals surface area contributed by atoms with Crippen molar-refractivity contribution in [2.45, 2.75) is 0 Å². The highest BCUT2D eigenvalue weighted by atomic mass is 35.5. The molecule has 2 heterocycles. The number of nitrogens with zero attached hydrogens (tertiary/aromatic N) is 2. The molecule has 0 spiro atoms. The maximum atomic E-state index is 6.78. The maximum Gasteiger partial charge on any atom is 0.0832 e. The number of hydrogen-bond donors (Lipinski definition) is 0. The first kappa shape index (κ1) is 23.7. The number of ether oxygens (including phenoxy) is 2. The van der Waals surface area contributed by atoms with Crippen molar-refractivity contribution in [1.29, 1.82) is 0 Å². The van der Waals surface area contributed by atoms with Crippen LogP contribution < -0.4 is 9.80 Å². The molecule has 32 heavy (non-hydrogen) atoms. The summed E-state index contributed by atoms with van der Waals surface area (Å²) in [5, 5.41) is 1.95. The van der Waals surface area contributed by atoms with Gasteiger partial charge in [0.25, 0.3) is 0 Å². The molecule has 4 nitrogen and oxygen atoms in total. The largest absolute Gasteiger partial charge is 0.378 e. The number of anilines is 2. The quantitative estimate of drug-likeness (QED) is 0.421. The van der Waals surface area contributed by atoms with E-state index in [9.17, 15) is 0 Å². The monoisotopic (exact) mass is 512 g/mol. The summed E-state index contributed by atoms with van der Waals surface area (Å²) in [5.41, 5.74) is 4.14. The molecule has 0 aliphatic carbocycles. The van der Waals surface area contributed by atoms with Crippen LogP contribution in [0.3, 0.4) is 0 Å². The van der Waals surface area contributed by atoms with Crippen LogP contribution in [-0.4, -0.2) is 52.6 Å². The molecule has 2 aliphatic heterocycles. The van der Waals surface area contributed by atoms with Gasteiger partial charge in [0.2, 0.25) is 0 Å². The second kappa shape index (κ2) is 10.7. The fraction of sp³-hybridized carbons (Fsp3) is 0.333. The fourth-order valence-electron chi connectivity index (χ4n) is 4.03. The van der Waals surface area contributed by atoms with Crippen LogP contribution >= 0.6 is 46.4 Å². The van der Waals surface area contributed by atoms with Crippen molar-refractivity contribution in [3.8, 4) is 0 Å². The smallest absolute Gasteiger partial charge is 0.0832 e. The van der Waals surface area contributed by atoms with Crippen LogP contribution in [0.4, 0.5) is 11.4 Å². The Morgan fingerprint density at radius 2 is 1.09 bits per heavy atom. The standard InChI is InChI=1S/C24H24Cl4N2O2/c1-2-3-16(17-4-6-19(23(27)21(17)25)29-8-12-31-13-9-29)18-5-7-20(24(28)22(18)26)30-10-14-32-15-11-30/h2-7H,1,8-15H2. The number of benzene rings is 2. The van der Waals surface area contributed by atoms with Gasteiger partial charge in [-0.25, -0.2) is 0 Å². The molecule has 0 atom stereocenters. The van der Waals surface area contributed by atoms with E-state index in [-0.39, 0.29) is 0 Å². The first-order valence-corrected chi connectivity index (χ1v) is 12.0. The first-order valence-electron chi connectivity index (χ1n) is 10.5. The summed E-state index contributed by atoms with van der Waals surface area (Å²) in [5.74, 6) is 0. The van der Waals surface area contributed by atoms with E-state index in [2.05, 4.69) is 16.4 Å². The SMILES string of the molecule is C=CC=C(c1ccc(N2CCOCC2)c(Cl)c1Cl)c1ccc(N2CCOCC2)c(Cl)c1Cl. The highest BCUT2D eigenvalue weighted by Crippen LogP contribution is 2.44. The lowest BCUT2D eigenvalue weighted by Crippen LogP contribution is -2.36. The number of allylic oxidation sites excluding steroid dienone is 2. The summed E-state index contributed by atoms with van der Waals surface area (Å²) in [6.45, 7) is 9.63. The minimum Gasteiger partial charge on any atom is -0.378 e. The van der Waals surface area contributed by atoms with Crippen molar-refractivity contribution in [1.82, 2.24) is 0 Å². The Morgan fingerprint density at radius 1 is 0.688 bits per heavy atom. The molecule has 0 aromatic heterocycles. The Kier molecular flexibility index (Phi) is 7.93. The van der Waals surface area contributed by atoms with Crippen molar-refractivity contribution in [3.05, 3.63) is 74.2 Å². The van der Waals surface area contributed by atoms with Gasteiger partial charge in [-0.05, 0) is 17.7 Å². The van der Waals surface area contributed by atoms with E-state index < -0.39 is 0 Å². The zero-order chi connectivity index (χ0) is 22.7. The summed E-state index contributed by atoms with van der Waals surface area (Å²) in [4.78, 5) is 4.36. The molecule has 2 aromatic rings. The average molecular weight is 514 g/mol. The zero-order valence-electron chi connectivity index (χ0n) is 17.6. The summed E-state index contributed by atoms with van der Waals surface area (Å²) in [6, 6.07) is 7.91. The highest BCUT2D eigenvalue weighted by molar-refractivity contribution is 6.46. The molecule has 0 N–H and O–H groups in total. The molecule has 8 heteroatoms.